The van der Waals surface area contributed by atoms with Gasteiger partial charge < -0.3 is 10.5 Å². The molecule has 1 fully saturated rings. The number of ether oxygens (including phenoxy) is 1. The van der Waals surface area contributed by atoms with Gasteiger partial charge in [0.2, 0.25) is 0 Å². The summed E-state index contributed by atoms with van der Waals surface area (Å²) >= 11 is 0. The number of nitrogens with zero attached hydrogens (tertiary/aromatic N) is 3. The maximum absolute atomic E-state index is 12.8. The topological polar surface area (TPSA) is 123 Å². The molecule has 2 heterocycles. The highest BCUT2D eigenvalue weighted by Gasteiger charge is 2.20. The second-order valence-electron chi connectivity index (χ2n) is 7.75. The molecule has 170 valence electrons. The number of benzene rings is 2. The SMILES string of the molecule is NCC(C(=O)NO)n1cnc2cc(C#Cc3ccc(CN4CCOCC4)cc3)ccc2c1=O. The number of nitrogens with two attached hydrogens (primary N) is 1. The van der Waals surface area contributed by atoms with Gasteiger partial charge >= 0.3 is 0 Å². The highest BCUT2D eigenvalue weighted by atomic mass is 16.5. The summed E-state index contributed by atoms with van der Waals surface area (Å²) in [4.78, 5) is 31.2. The molecular weight excluding hydrogens is 422 g/mol. The largest absolute Gasteiger partial charge is 0.379 e. The Balaban J connectivity index is 1.51. The predicted molar refractivity (Wildman–Crippen MR) is 123 cm³/mol. The van der Waals surface area contributed by atoms with Crippen molar-refractivity contribution in [3.05, 3.63) is 75.8 Å². The normalized spacial score (nSPS) is 15.0. The summed E-state index contributed by atoms with van der Waals surface area (Å²) in [6.45, 7) is 4.20. The van der Waals surface area contributed by atoms with Crippen LogP contribution < -0.4 is 16.8 Å². The Morgan fingerprint density at radius 1 is 1.15 bits per heavy atom. The molecule has 4 rings (SSSR count). The summed E-state index contributed by atoms with van der Waals surface area (Å²) in [7, 11) is 0. The van der Waals surface area contributed by atoms with Crippen molar-refractivity contribution in [1.29, 1.82) is 0 Å². The molecule has 0 saturated carbocycles. The fourth-order valence-corrected chi connectivity index (χ4v) is 3.71. The van der Waals surface area contributed by atoms with Gasteiger partial charge in [0.1, 0.15) is 6.04 Å². The molecule has 1 saturated heterocycles. The second kappa shape index (κ2) is 10.4. The summed E-state index contributed by atoms with van der Waals surface area (Å²) in [5, 5.41) is 9.20. The molecule has 1 aliphatic heterocycles. The van der Waals surface area contributed by atoms with E-state index in [9.17, 15) is 9.59 Å². The van der Waals surface area contributed by atoms with E-state index in [1.807, 2.05) is 12.1 Å². The average molecular weight is 447 g/mol. The Labute approximate surface area is 190 Å². The zero-order valence-corrected chi connectivity index (χ0v) is 18.0. The number of carbonyl (C=O) groups excluding carboxylic acids is 1. The predicted octanol–water partition coefficient (Wildman–Crippen LogP) is 0.634. The number of hydrogen-bond acceptors (Lipinski definition) is 7. The van der Waals surface area contributed by atoms with Crippen LogP contribution in [0.2, 0.25) is 0 Å². The number of hydrogen-bond donors (Lipinski definition) is 3. The number of amides is 1. The van der Waals surface area contributed by atoms with E-state index in [-0.39, 0.29) is 6.54 Å². The first-order valence-electron chi connectivity index (χ1n) is 10.6. The molecule has 1 aromatic heterocycles. The highest BCUT2D eigenvalue weighted by Crippen LogP contribution is 2.12. The number of rotatable bonds is 5. The summed E-state index contributed by atoms with van der Waals surface area (Å²) in [6, 6.07) is 12.2. The van der Waals surface area contributed by atoms with Crippen molar-refractivity contribution in [2.24, 2.45) is 5.73 Å². The molecule has 33 heavy (non-hydrogen) atoms. The Hall–Kier alpha value is -3.55. The maximum atomic E-state index is 12.8. The highest BCUT2D eigenvalue weighted by molar-refractivity contribution is 5.81. The van der Waals surface area contributed by atoms with Crippen LogP contribution in [-0.2, 0) is 16.1 Å². The minimum atomic E-state index is -1.05. The summed E-state index contributed by atoms with van der Waals surface area (Å²) in [5.74, 6) is 5.47. The van der Waals surface area contributed by atoms with E-state index in [4.69, 9.17) is 15.7 Å². The van der Waals surface area contributed by atoms with E-state index < -0.39 is 17.5 Å². The monoisotopic (exact) mass is 447 g/mol. The van der Waals surface area contributed by atoms with Crippen molar-refractivity contribution < 1.29 is 14.7 Å². The van der Waals surface area contributed by atoms with Crippen LogP contribution in [0.4, 0.5) is 0 Å². The summed E-state index contributed by atoms with van der Waals surface area (Å²) < 4.78 is 6.50. The zero-order valence-electron chi connectivity index (χ0n) is 18.0. The lowest BCUT2D eigenvalue weighted by atomic mass is 10.1. The van der Waals surface area contributed by atoms with Crippen LogP contribution in [0.1, 0.15) is 22.7 Å². The van der Waals surface area contributed by atoms with Crippen LogP contribution in [0, 0.1) is 11.8 Å². The minimum absolute atomic E-state index is 0.158. The van der Waals surface area contributed by atoms with Crippen LogP contribution in [-0.4, -0.2) is 58.4 Å². The number of nitrogens with one attached hydrogen (secondary N) is 1. The first-order valence-corrected chi connectivity index (χ1v) is 10.6. The van der Waals surface area contributed by atoms with Gasteiger partial charge in [-0.15, -0.1) is 0 Å². The Bertz CT molecular complexity index is 1250. The van der Waals surface area contributed by atoms with Gasteiger partial charge in [-0.25, -0.2) is 10.5 Å². The van der Waals surface area contributed by atoms with E-state index in [2.05, 4.69) is 33.9 Å². The van der Waals surface area contributed by atoms with Crippen molar-refractivity contribution >= 4 is 16.8 Å². The molecule has 1 aliphatic rings. The summed E-state index contributed by atoms with van der Waals surface area (Å²) in [5.41, 5.74) is 9.99. The van der Waals surface area contributed by atoms with E-state index >= 15 is 0 Å². The van der Waals surface area contributed by atoms with Crippen molar-refractivity contribution in [2.45, 2.75) is 12.6 Å². The Kier molecular flexibility index (Phi) is 7.12. The fraction of sp³-hybridized carbons (Fsp3) is 0.292. The van der Waals surface area contributed by atoms with Gasteiger partial charge in [-0.2, -0.15) is 0 Å². The number of fused-ring (bicyclic) bond motifs is 1. The van der Waals surface area contributed by atoms with Gasteiger partial charge in [-0.3, -0.25) is 24.3 Å². The van der Waals surface area contributed by atoms with E-state index in [0.717, 1.165) is 43.0 Å². The van der Waals surface area contributed by atoms with Crippen LogP contribution in [0.3, 0.4) is 0 Å². The van der Waals surface area contributed by atoms with Crippen molar-refractivity contribution in [1.82, 2.24) is 19.9 Å². The third kappa shape index (κ3) is 5.27. The van der Waals surface area contributed by atoms with E-state index in [1.54, 1.807) is 18.2 Å². The van der Waals surface area contributed by atoms with Crippen molar-refractivity contribution in [3.8, 4) is 11.8 Å². The minimum Gasteiger partial charge on any atom is -0.379 e. The third-order valence-electron chi connectivity index (χ3n) is 5.57. The number of hydroxylamine groups is 1. The fourth-order valence-electron chi connectivity index (χ4n) is 3.71. The van der Waals surface area contributed by atoms with E-state index in [1.165, 1.54) is 17.4 Å². The van der Waals surface area contributed by atoms with Gasteiger partial charge in [0, 0.05) is 37.3 Å². The molecule has 0 spiro atoms. The molecule has 1 amide bonds. The van der Waals surface area contributed by atoms with Crippen molar-refractivity contribution in [3.63, 3.8) is 0 Å². The van der Waals surface area contributed by atoms with Gasteiger partial charge in [0.05, 0.1) is 30.4 Å². The molecule has 1 unspecified atom stereocenters. The van der Waals surface area contributed by atoms with E-state index in [0.29, 0.717) is 16.5 Å². The first kappa shape index (κ1) is 22.6. The molecule has 3 aromatic rings. The Morgan fingerprint density at radius 2 is 1.85 bits per heavy atom. The van der Waals surface area contributed by atoms with Crippen LogP contribution in [0.5, 0.6) is 0 Å². The molecule has 9 heteroatoms. The molecule has 0 aliphatic carbocycles. The lowest BCUT2D eigenvalue weighted by Gasteiger charge is -2.26. The smallest absolute Gasteiger partial charge is 0.267 e. The molecule has 1 atom stereocenters. The van der Waals surface area contributed by atoms with Crippen LogP contribution >= 0.6 is 0 Å². The number of morpholine rings is 1. The molecule has 9 nitrogen and oxygen atoms in total. The quantitative estimate of drug-likeness (QED) is 0.298. The lowest BCUT2D eigenvalue weighted by molar-refractivity contribution is -0.132. The summed E-state index contributed by atoms with van der Waals surface area (Å²) in [6.07, 6.45) is 1.25. The second-order valence-corrected chi connectivity index (χ2v) is 7.75. The molecule has 0 radical (unpaired) electrons. The Morgan fingerprint density at radius 3 is 2.55 bits per heavy atom. The maximum Gasteiger partial charge on any atom is 0.267 e. The van der Waals surface area contributed by atoms with Gasteiger partial charge in [-0.05, 0) is 35.9 Å². The standard InChI is InChI=1S/C24H25N5O4/c25-14-22(23(30)27-32)29-16-26-21-13-18(7-8-20(21)24(29)31)4-1-17-2-5-19(6-3-17)15-28-9-11-33-12-10-28/h2-3,5-8,13,16,22,32H,9-12,14-15,25H2,(H,27,30). The average Bonchev–Trinajstić information content (AvgIpc) is 2.86. The third-order valence-corrected chi connectivity index (χ3v) is 5.57. The molecule has 0 bridgehead atoms. The number of aromatic nitrogens is 2. The van der Waals surface area contributed by atoms with Crippen LogP contribution in [0.25, 0.3) is 10.9 Å². The molecule has 4 N–H and O–H groups in total. The first-order chi connectivity index (χ1) is 16.1. The molecular formula is C24H25N5O4. The zero-order chi connectivity index (χ0) is 23.2. The molecule has 2 aromatic carbocycles. The van der Waals surface area contributed by atoms with Gasteiger partial charge in [-0.1, -0.05) is 24.0 Å². The number of carbonyl (C=O) groups is 1. The van der Waals surface area contributed by atoms with Crippen molar-refractivity contribution in [2.75, 3.05) is 32.8 Å². The lowest BCUT2D eigenvalue weighted by Crippen LogP contribution is -2.40. The van der Waals surface area contributed by atoms with Crippen LogP contribution in [0.15, 0.2) is 53.6 Å². The van der Waals surface area contributed by atoms with Gasteiger partial charge in [0.15, 0.2) is 0 Å². The van der Waals surface area contributed by atoms with Gasteiger partial charge in [0.25, 0.3) is 11.5 Å².